The van der Waals surface area contributed by atoms with E-state index < -0.39 is 18.3 Å². The minimum Gasteiger partial charge on any atom is -0.461 e. The minimum atomic E-state index is -0.734. The van der Waals surface area contributed by atoms with Gasteiger partial charge in [0.2, 0.25) is 5.91 Å². The number of rotatable bonds is 9. The van der Waals surface area contributed by atoms with Crippen LogP contribution in [0.4, 0.5) is 24.0 Å². The number of thiophene rings is 1. The van der Waals surface area contributed by atoms with Gasteiger partial charge in [0.15, 0.2) is 5.82 Å². The lowest BCUT2D eigenvalue weighted by molar-refractivity contribution is -0.142. The number of fused-ring (bicyclic) bond motifs is 3. The third-order valence-electron chi connectivity index (χ3n) is 11.8. The van der Waals surface area contributed by atoms with E-state index in [0.29, 0.717) is 49.6 Å². The molecule has 4 aromatic rings. The van der Waals surface area contributed by atoms with Gasteiger partial charge in [-0.15, -0.1) is 11.3 Å². The molecule has 1 amide bonds. The second-order valence-electron chi connectivity index (χ2n) is 15.2. The average Bonchev–Trinajstić information content (AvgIpc) is 3.74. The maximum absolute atomic E-state index is 17.2. The Hall–Kier alpha value is -4.12. The summed E-state index contributed by atoms with van der Waals surface area (Å²) in [5.41, 5.74) is 6.70. The molecule has 6 heterocycles. The number of hydrogen-bond donors (Lipinski definition) is 1. The first-order chi connectivity index (χ1) is 25.5. The summed E-state index contributed by atoms with van der Waals surface area (Å²) in [7, 11) is 0. The number of likely N-dealkylation sites (tertiary alicyclic amines) is 1. The van der Waals surface area contributed by atoms with Crippen LogP contribution in [0.25, 0.3) is 32.1 Å². The quantitative estimate of drug-likeness (QED) is 0.171. The smallest absolute Gasteiger partial charge is 0.319 e. The van der Waals surface area contributed by atoms with Crippen molar-refractivity contribution < 1.29 is 22.7 Å². The molecule has 1 spiro atoms. The molecule has 4 aliphatic rings. The van der Waals surface area contributed by atoms with Gasteiger partial charge in [0.05, 0.1) is 27.5 Å². The van der Waals surface area contributed by atoms with Gasteiger partial charge < -0.3 is 20.3 Å². The normalized spacial score (nSPS) is 19.4. The van der Waals surface area contributed by atoms with Gasteiger partial charge in [-0.25, -0.2) is 8.78 Å². The number of nitrogens with two attached hydrogens (primary N) is 1. The number of amides is 1. The largest absolute Gasteiger partial charge is 0.461 e. The molecule has 2 N–H and O–H groups in total. The van der Waals surface area contributed by atoms with Gasteiger partial charge in [-0.05, 0) is 75.7 Å². The van der Waals surface area contributed by atoms with Crippen LogP contribution in [-0.4, -0.2) is 83.8 Å². The maximum atomic E-state index is 17.2. The fourth-order valence-corrected chi connectivity index (χ4v) is 10.4. The van der Waals surface area contributed by atoms with Gasteiger partial charge in [0.25, 0.3) is 0 Å². The molecular formula is C39H41ClF3N7O2S. The second kappa shape index (κ2) is 13.9. The molecule has 14 heteroatoms. The second-order valence-corrected chi connectivity index (χ2v) is 16.7. The fraction of sp³-hybridized carbons (Fsp3) is 0.487. The third-order valence-corrected chi connectivity index (χ3v) is 13.1. The van der Waals surface area contributed by atoms with Crippen molar-refractivity contribution in [2.24, 2.45) is 5.41 Å². The zero-order valence-electron chi connectivity index (χ0n) is 29.5. The number of hydrogen-bond acceptors (Lipinski definition) is 9. The SMILES string of the molecule is C=C(CCF)CC(=O)N1CC2(CCCCN(c3nc(OCC45CCCN4CCC5)nc4c(F)c(-c5ccc(F)c6sc(N)c(C#N)c56)c(Cl)cc34)C2)C1. The van der Waals surface area contributed by atoms with Gasteiger partial charge in [-0.3, -0.25) is 14.1 Å². The summed E-state index contributed by atoms with van der Waals surface area (Å²) in [4.78, 5) is 29.1. The molecule has 53 heavy (non-hydrogen) atoms. The van der Waals surface area contributed by atoms with Crippen LogP contribution in [0.1, 0.15) is 63.4 Å². The maximum Gasteiger partial charge on any atom is 0.319 e. The number of halogens is 4. The Balaban J connectivity index is 1.20. The van der Waals surface area contributed by atoms with Crippen molar-refractivity contribution in [2.45, 2.75) is 63.3 Å². The van der Waals surface area contributed by atoms with Crippen LogP contribution < -0.4 is 15.4 Å². The molecule has 0 atom stereocenters. The van der Waals surface area contributed by atoms with E-state index >= 15 is 8.78 Å². The molecule has 4 fully saturated rings. The molecule has 0 bridgehead atoms. The van der Waals surface area contributed by atoms with E-state index in [1.54, 1.807) is 6.07 Å². The summed E-state index contributed by atoms with van der Waals surface area (Å²) in [6.45, 7) is 8.08. The van der Waals surface area contributed by atoms with Gasteiger partial charge in [-0.2, -0.15) is 15.2 Å². The lowest BCUT2D eigenvalue weighted by atomic mass is 9.75. The first-order valence-electron chi connectivity index (χ1n) is 18.3. The van der Waals surface area contributed by atoms with Gasteiger partial charge in [0.1, 0.15) is 34.8 Å². The number of nitriles is 1. The van der Waals surface area contributed by atoms with Crippen molar-refractivity contribution in [1.29, 1.82) is 5.26 Å². The Morgan fingerprint density at radius 3 is 2.60 bits per heavy atom. The number of aromatic nitrogens is 2. The van der Waals surface area contributed by atoms with Crippen LogP contribution >= 0.6 is 22.9 Å². The van der Waals surface area contributed by atoms with E-state index in [4.69, 9.17) is 27.1 Å². The van der Waals surface area contributed by atoms with Crippen molar-refractivity contribution in [3.05, 3.63) is 52.6 Å². The zero-order valence-corrected chi connectivity index (χ0v) is 31.0. The van der Waals surface area contributed by atoms with E-state index in [1.165, 1.54) is 12.1 Å². The topological polar surface area (TPSA) is 112 Å². The number of benzene rings is 2. The zero-order chi connectivity index (χ0) is 37.1. The van der Waals surface area contributed by atoms with Crippen molar-refractivity contribution in [3.8, 4) is 23.2 Å². The number of alkyl halides is 1. The molecule has 278 valence electrons. The molecule has 8 rings (SSSR count). The van der Waals surface area contributed by atoms with Crippen LogP contribution in [0.15, 0.2) is 30.4 Å². The lowest BCUT2D eigenvalue weighted by Gasteiger charge is -2.51. The molecule has 2 aromatic heterocycles. The third kappa shape index (κ3) is 6.26. The van der Waals surface area contributed by atoms with E-state index in [1.807, 2.05) is 4.90 Å². The molecule has 2 aromatic carbocycles. The van der Waals surface area contributed by atoms with Crippen LogP contribution in [-0.2, 0) is 4.79 Å². The number of nitrogen functional groups attached to an aromatic ring is 1. The van der Waals surface area contributed by atoms with E-state index in [9.17, 15) is 14.4 Å². The summed E-state index contributed by atoms with van der Waals surface area (Å²) < 4.78 is 51.7. The van der Waals surface area contributed by atoms with E-state index in [2.05, 4.69) is 27.4 Å². The Bertz CT molecular complexity index is 2170. The van der Waals surface area contributed by atoms with Crippen LogP contribution in [0.2, 0.25) is 5.02 Å². The molecule has 0 unspecified atom stereocenters. The highest BCUT2D eigenvalue weighted by Gasteiger charge is 2.47. The van der Waals surface area contributed by atoms with E-state index in [-0.39, 0.29) is 78.0 Å². The first-order valence-corrected chi connectivity index (χ1v) is 19.5. The minimum absolute atomic E-state index is 0.00544. The van der Waals surface area contributed by atoms with Crippen molar-refractivity contribution in [1.82, 2.24) is 19.8 Å². The predicted octanol–water partition coefficient (Wildman–Crippen LogP) is 8.03. The Morgan fingerprint density at radius 1 is 1.09 bits per heavy atom. The molecule has 0 saturated carbocycles. The number of carbonyl (C=O) groups is 1. The molecular weight excluding hydrogens is 723 g/mol. The molecule has 0 radical (unpaired) electrons. The Labute approximate surface area is 315 Å². The van der Waals surface area contributed by atoms with Crippen molar-refractivity contribution in [3.63, 3.8) is 0 Å². The summed E-state index contributed by atoms with van der Waals surface area (Å²) in [6, 6.07) is 6.40. The van der Waals surface area contributed by atoms with Crippen molar-refractivity contribution in [2.75, 3.05) is 63.2 Å². The summed E-state index contributed by atoms with van der Waals surface area (Å²) >= 11 is 7.89. The van der Waals surface area contributed by atoms with Crippen LogP contribution in [0, 0.1) is 28.4 Å². The number of anilines is 2. The monoisotopic (exact) mass is 763 g/mol. The van der Waals surface area contributed by atoms with Gasteiger partial charge >= 0.3 is 6.01 Å². The van der Waals surface area contributed by atoms with Crippen LogP contribution in [0.5, 0.6) is 6.01 Å². The fourth-order valence-electron chi connectivity index (χ4n) is 9.17. The highest BCUT2D eigenvalue weighted by atomic mass is 35.5. The Morgan fingerprint density at radius 2 is 1.87 bits per heavy atom. The number of nitrogens with zero attached hydrogens (tertiary/aromatic N) is 6. The number of carbonyl (C=O) groups excluding carboxylic acids is 1. The highest BCUT2D eigenvalue weighted by molar-refractivity contribution is 7.23. The molecule has 9 nitrogen and oxygen atoms in total. The molecule has 0 aliphatic carbocycles. The standard InChI is InChI=1S/C39H41ClF3N7O2S/c1-23(8-12-41)16-29(51)49-20-38(21-49)9-2-3-13-48(19-38)36-25-17-27(40)31(24-6-7-28(42)34-30(24)26(18-44)35(45)53-34)32(43)33(25)46-37(47-36)52-22-39-10-4-14-50(39)15-5-11-39/h6-7,17H,1-5,8-16,19-22,45H2. The average molecular weight is 764 g/mol. The number of ether oxygens (including phenoxy) is 1. The summed E-state index contributed by atoms with van der Waals surface area (Å²) in [6.07, 6.45) is 7.23. The van der Waals surface area contributed by atoms with Gasteiger partial charge in [-0.1, -0.05) is 36.2 Å². The predicted molar refractivity (Wildman–Crippen MR) is 202 cm³/mol. The summed E-state index contributed by atoms with van der Waals surface area (Å²) in [5.74, 6) is -0.859. The van der Waals surface area contributed by atoms with E-state index in [0.717, 1.165) is 69.4 Å². The van der Waals surface area contributed by atoms with Gasteiger partial charge in [0, 0.05) is 54.4 Å². The van der Waals surface area contributed by atoms with Crippen LogP contribution in [0.3, 0.4) is 0 Å². The highest BCUT2D eigenvalue weighted by Crippen LogP contribution is 2.47. The lowest BCUT2D eigenvalue weighted by Crippen LogP contribution is -2.62. The molecule has 4 aliphatic heterocycles. The summed E-state index contributed by atoms with van der Waals surface area (Å²) in [5, 5.41) is 10.7. The molecule has 4 saturated heterocycles. The van der Waals surface area contributed by atoms with Crippen molar-refractivity contribution >= 4 is 60.7 Å². The Kier molecular flexibility index (Phi) is 9.44. The first kappa shape index (κ1) is 35.9.